The molecule has 6 rings (SSSR count). The molecule has 2 amide bonds. The van der Waals surface area contributed by atoms with Gasteiger partial charge in [0.05, 0.1) is 5.41 Å². The number of likely N-dealkylation sites (tertiary alicyclic amines) is 1. The average molecular weight is 475 g/mol. The van der Waals surface area contributed by atoms with Crippen molar-refractivity contribution in [1.29, 1.82) is 0 Å². The predicted molar refractivity (Wildman–Crippen MR) is 129 cm³/mol. The van der Waals surface area contributed by atoms with Crippen LogP contribution >= 0.6 is 0 Å². The zero-order valence-electron chi connectivity index (χ0n) is 19.6. The second kappa shape index (κ2) is 8.40. The predicted octanol–water partition coefficient (Wildman–Crippen LogP) is 3.87. The van der Waals surface area contributed by atoms with E-state index in [1.807, 2.05) is 24.3 Å². The van der Waals surface area contributed by atoms with E-state index in [1.54, 1.807) is 4.90 Å². The van der Waals surface area contributed by atoms with E-state index < -0.39 is 17.5 Å². The highest BCUT2D eigenvalue weighted by atomic mass is 16.5. The van der Waals surface area contributed by atoms with Crippen molar-refractivity contribution >= 4 is 18.0 Å². The van der Waals surface area contributed by atoms with Crippen LogP contribution in [0, 0.1) is 23.2 Å². The summed E-state index contributed by atoms with van der Waals surface area (Å²) in [6, 6.07) is 16.4. The van der Waals surface area contributed by atoms with E-state index >= 15 is 0 Å². The molecule has 7 heteroatoms. The Morgan fingerprint density at radius 3 is 2.40 bits per heavy atom. The van der Waals surface area contributed by atoms with E-state index in [4.69, 9.17) is 4.74 Å². The van der Waals surface area contributed by atoms with Gasteiger partial charge in [0.25, 0.3) is 0 Å². The molecule has 4 atom stereocenters. The van der Waals surface area contributed by atoms with Crippen molar-refractivity contribution in [2.75, 3.05) is 26.2 Å². The Hall–Kier alpha value is -3.35. The molecule has 3 fully saturated rings. The third-order valence-electron chi connectivity index (χ3n) is 8.70. The minimum atomic E-state index is -0.764. The lowest BCUT2D eigenvalue weighted by Gasteiger charge is -2.23. The molecule has 35 heavy (non-hydrogen) atoms. The van der Waals surface area contributed by atoms with Crippen molar-refractivity contribution in [3.05, 3.63) is 59.7 Å². The van der Waals surface area contributed by atoms with Crippen molar-refractivity contribution in [3.63, 3.8) is 0 Å². The van der Waals surface area contributed by atoms with Gasteiger partial charge in [-0.1, -0.05) is 55.0 Å². The number of rotatable bonds is 6. The zero-order valence-corrected chi connectivity index (χ0v) is 19.6. The van der Waals surface area contributed by atoms with Crippen molar-refractivity contribution in [3.8, 4) is 11.1 Å². The Morgan fingerprint density at radius 2 is 1.74 bits per heavy atom. The summed E-state index contributed by atoms with van der Waals surface area (Å²) >= 11 is 0. The van der Waals surface area contributed by atoms with E-state index in [0.29, 0.717) is 26.1 Å². The molecule has 1 saturated heterocycles. The molecule has 3 aliphatic carbocycles. The number of carboxylic acid groups (broad SMARTS) is 1. The monoisotopic (exact) mass is 474 g/mol. The summed E-state index contributed by atoms with van der Waals surface area (Å²) < 4.78 is 5.59. The van der Waals surface area contributed by atoms with Crippen molar-refractivity contribution < 1.29 is 24.2 Å². The van der Waals surface area contributed by atoms with Gasteiger partial charge in [0.2, 0.25) is 5.91 Å². The summed E-state index contributed by atoms with van der Waals surface area (Å²) in [6.07, 6.45) is 2.73. The first kappa shape index (κ1) is 22.1. The third-order valence-corrected chi connectivity index (χ3v) is 8.70. The van der Waals surface area contributed by atoms with Gasteiger partial charge in [0, 0.05) is 31.5 Å². The molecule has 2 N–H and O–H groups in total. The fourth-order valence-corrected chi connectivity index (χ4v) is 6.68. The molecule has 1 heterocycles. The molecule has 7 nitrogen and oxygen atoms in total. The van der Waals surface area contributed by atoms with Crippen LogP contribution in [-0.4, -0.2) is 54.2 Å². The normalized spacial score (nSPS) is 28.2. The van der Waals surface area contributed by atoms with Gasteiger partial charge >= 0.3 is 12.1 Å². The third kappa shape index (κ3) is 3.68. The number of carbonyl (C=O) groups is 3. The first-order valence-corrected chi connectivity index (χ1v) is 12.6. The average Bonchev–Trinajstić information content (AvgIpc) is 3.20. The van der Waals surface area contributed by atoms with E-state index in [0.717, 1.165) is 19.3 Å². The highest BCUT2D eigenvalue weighted by Gasteiger charge is 2.57. The molecular weight excluding hydrogens is 444 g/mol. The fraction of sp³-hybridized carbons (Fsp3) is 0.464. The Balaban J connectivity index is 0.999. The molecule has 182 valence electrons. The molecule has 1 aliphatic heterocycles. The first-order valence-electron chi connectivity index (χ1n) is 12.6. The van der Waals surface area contributed by atoms with E-state index in [2.05, 4.69) is 29.6 Å². The van der Waals surface area contributed by atoms with Crippen LogP contribution < -0.4 is 5.32 Å². The maximum Gasteiger partial charge on any atom is 0.407 e. The molecular formula is C28H30N2O5. The second-order valence-corrected chi connectivity index (χ2v) is 10.6. The SMILES string of the molecule is O=C(NCC1CC1C(=O)N1CC2CCCC2(C(=O)O)C1)OCC1c2ccccc2-c2ccccc21. The molecule has 2 aromatic carbocycles. The van der Waals surface area contributed by atoms with E-state index in [1.165, 1.54) is 22.3 Å². The smallest absolute Gasteiger partial charge is 0.407 e. The Labute approximate surface area is 204 Å². The largest absolute Gasteiger partial charge is 0.481 e. The highest BCUT2D eigenvalue weighted by molar-refractivity contribution is 5.85. The number of ether oxygens (including phenoxy) is 1. The van der Waals surface area contributed by atoms with Crippen LogP contribution in [0.15, 0.2) is 48.5 Å². The maximum atomic E-state index is 13.0. The number of nitrogens with zero attached hydrogens (tertiary/aromatic N) is 1. The standard InChI is InChI=1S/C28H30N2O5/c31-25(30-14-18-6-5-11-28(18,16-30)26(32)33)23-12-17(23)13-29-27(34)35-15-24-21-9-3-1-7-19(21)20-8-2-4-10-22(20)24/h1-4,7-10,17-18,23-24H,5-6,11-16H2,(H,29,34)(H,32,33). The molecule has 0 aromatic heterocycles. The summed E-state index contributed by atoms with van der Waals surface area (Å²) in [5.41, 5.74) is 3.96. The number of amides is 2. The number of hydrogen-bond donors (Lipinski definition) is 2. The molecule has 2 saturated carbocycles. The number of alkyl carbamates (subject to hydrolysis) is 1. The van der Waals surface area contributed by atoms with Gasteiger partial charge in [-0.05, 0) is 53.4 Å². The van der Waals surface area contributed by atoms with Crippen LogP contribution in [0.3, 0.4) is 0 Å². The minimum absolute atomic E-state index is 0.0135. The topological polar surface area (TPSA) is 95.9 Å². The second-order valence-electron chi connectivity index (χ2n) is 10.6. The summed E-state index contributed by atoms with van der Waals surface area (Å²) in [4.78, 5) is 39.1. The molecule has 0 spiro atoms. The van der Waals surface area contributed by atoms with Gasteiger partial charge in [-0.15, -0.1) is 0 Å². The van der Waals surface area contributed by atoms with E-state index in [9.17, 15) is 19.5 Å². The van der Waals surface area contributed by atoms with Crippen molar-refractivity contribution in [2.45, 2.75) is 31.6 Å². The number of fused-ring (bicyclic) bond motifs is 4. The fourth-order valence-electron chi connectivity index (χ4n) is 6.68. The van der Waals surface area contributed by atoms with Gasteiger partial charge in [-0.2, -0.15) is 0 Å². The van der Waals surface area contributed by atoms with Crippen molar-refractivity contribution in [2.24, 2.45) is 23.2 Å². The maximum absolute atomic E-state index is 13.0. The highest BCUT2D eigenvalue weighted by Crippen LogP contribution is 2.51. The van der Waals surface area contributed by atoms with Crippen LogP contribution in [-0.2, 0) is 14.3 Å². The van der Waals surface area contributed by atoms with Crippen molar-refractivity contribution in [1.82, 2.24) is 10.2 Å². The molecule has 0 radical (unpaired) electrons. The van der Waals surface area contributed by atoms with Crippen LogP contribution in [0.4, 0.5) is 4.79 Å². The first-order chi connectivity index (χ1) is 17.0. The Morgan fingerprint density at radius 1 is 1.06 bits per heavy atom. The molecule has 4 unspecified atom stereocenters. The van der Waals surface area contributed by atoms with Crippen LogP contribution in [0.25, 0.3) is 11.1 Å². The summed E-state index contributed by atoms with van der Waals surface area (Å²) in [7, 11) is 0. The lowest BCUT2D eigenvalue weighted by molar-refractivity contribution is -0.149. The number of hydrogen-bond acceptors (Lipinski definition) is 4. The van der Waals surface area contributed by atoms with Gasteiger partial charge in [0.1, 0.15) is 6.61 Å². The van der Waals surface area contributed by atoms with Gasteiger partial charge in [-0.25, -0.2) is 4.79 Å². The Bertz CT molecular complexity index is 1150. The summed E-state index contributed by atoms with van der Waals surface area (Å²) in [6.45, 7) is 1.54. The molecule has 4 aliphatic rings. The Kier molecular flexibility index (Phi) is 5.31. The van der Waals surface area contributed by atoms with Gasteiger partial charge in [0.15, 0.2) is 0 Å². The number of aliphatic carboxylic acids is 1. The summed E-state index contributed by atoms with van der Waals surface area (Å²) in [5.74, 6) is -0.684. The summed E-state index contributed by atoms with van der Waals surface area (Å²) in [5, 5.41) is 12.6. The quantitative estimate of drug-likeness (QED) is 0.663. The lowest BCUT2D eigenvalue weighted by atomic mass is 9.81. The zero-order chi connectivity index (χ0) is 24.2. The molecule has 0 bridgehead atoms. The van der Waals surface area contributed by atoms with E-state index in [-0.39, 0.29) is 36.2 Å². The van der Waals surface area contributed by atoms with Crippen LogP contribution in [0.2, 0.25) is 0 Å². The van der Waals surface area contributed by atoms with Crippen LogP contribution in [0.1, 0.15) is 42.7 Å². The lowest BCUT2D eigenvalue weighted by Crippen LogP contribution is -2.38. The van der Waals surface area contributed by atoms with Crippen LogP contribution in [0.5, 0.6) is 0 Å². The van der Waals surface area contributed by atoms with Gasteiger partial charge in [-0.3, -0.25) is 9.59 Å². The number of nitrogens with one attached hydrogen (secondary N) is 1. The number of carboxylic acids is 1. The molecule has 2 aromatic rings. The van der Waals surface area contributed by atoms with Gasteiger partial charge < -0.3 is 20.1 Å². The number of carbonyl (C=O) groups excluding carboxylic acids is 2. The minimum Gasteiger partial charge on any atom is -0.481 e. The number of benzene rings is 2.